The smallest absolute Gasteiger partial charge is 0.245 e. The van der Waals surface area contributed by atoms with Crippen LogP contribution in [0.4, 0.5) is 5.82 Å². The molecule has 158 valence electrons. The molecule has 2 aromatic rings. The first-order valence-electron chi connectivity index (χ1n) is 10.2. The molecular formula is C23H34N4O2. The fraction of sp³-hybridized carbons (Fsp3) is 0.522. The minimum Gasteiger partial charge on any atom is -0.334 e. The molecule has 0 unspecified atom stereocenters. The highest BCUT2D eigenvalue weighted by Gasteiger charge is 2.23. The van der Waals surface area contributed by atoms with E-state index in [1.54, 1.807) is 9.58 Å². The minimum atomic E-state index is -0.223. The number of benzene rings is 1. The summed E-state index contributed by atoms with van der Waals surface area (Å²) >= 11 is 0. The summed E-state index contributed by atoms with van der Waals surface area (Å²) < 4.78 is 1.78. The van der Waals surface area contributed by atoms with Crippen LogP contribution in [0.3, 0.4) is 0 Å². The molecule has 0 fully saturated rings. The van der Waals surface area contributed by atoms with Crippen LogP contribution < -0.4 is 5.32 Å². The topological polar surface area (TPSA) is 67.2 Å². The zero-order valence-corrected chi connectivity index (χ0v) is 18.7. The number of nitrogens with one attached hydrogen (secondary N) is 1. The van der Waals surface area contributed by atoms with Crippen LogP contribution in [0.15, 0.2) is 30.3 Å². The van der Waals surface area contributed by atoms with Crippen LogP contribution in [-0.4, -0.2) is 39.6 Å². The maximum atomic E-state index is 12.8. The molecule has 2 amide bonds. The van der Waals surface area contributed by atoms with E-state index in [1.165, 1.54) is 6.92 Å². The van der Waals surface area contributed by atoms with Crippen molar-refractivity contribution in [2.75, 3.05) is 18.4 Å². The number of aryl methyl sites for hydroxylation is 1. The van der Waals surface area contributed by atoms with Crippen LogP contribution in [0.5, 0.6) is 0 Å². The van der Waals surface area contributed by atoms with Crippen molar-refractivity contribution in [1.29, 1.82) is 0 Å². The second-order valence-electron chi connectivity index (χ2n) is 9.03. The summed E-state index contributed by atoms with van der Waals surface area (Å²) in [5.41, 5.74) is 2.71. The van der Waals surface area contributed by atoms with Crippen molar-refractivity contribution in [3.8, 4) is 5.69 Å². The lowest BCUT2D eigenvalue weighted by atomic mass is 9.92. The van der Waals surface area contributed by atoms with E-state index in [0.717, 1.165) is 23.4 Å². The molecule has 0 bridgehead atoms. The van der Waals surface area contributed by atoms with Crippen molar-refractivity contribution >= 4 is 17.6 Å². The number of hydrogen-bond acceptors (Lipinski definition) is 3. The minimum absolute atomic E-state index is 0.0336. The fourth-order valence-electron chi connectivity index (χ4n) is 2.94. The summed E-state index contributed by atoms with van der Waals surface area (Å²) in [5, 5.41) is 7.73. The lowest BCUT2D eigenvalue weighted by Crippen LogP contribution is -2.38. The third-order valence-corrected chi connectivity index (χ3v) is 4.85. The van der Waals surface area contributed by atoms with Crippen molar-refractivity contribution in [3.63, 3.8) is 0 Å². The molecule has 1 aromatic carbocycles. The van der Waals surface area contributed by atoms with E-state index in [1.807, 2.05) is 37.3 Å². The van der Waals surface area contributed by atoms with Gasteiger partial charge >= 0.3 is 0 Å². The number of para-hydroxylation sites is 1. The largest absolute Gasteiger partial charge is 0.334 e. The van der Waals surface area contributed by atoms with Gasteiger partial charge in [-0.3, -0.25) is 9.59 Å². The van der Waals surface area contributed by atoms with Crippen molar-refractivity contribution < 1.29 is 9.59 Å². The molecule has 2 rings (SSSR count). The Bertz CT molecular complexity index is 862. The summed E-state index contributed by atoms with van der Waals surface area (Å²) in [7, 11) is 0. The Hall–Kier alpha value is -2.63. The maximum absolute atomic E-state index is 12.8. The van der Waals surface area contributed by atoms with Crippen molar-refractivity contribution in [3.05, 3.63) is 41.6 Å². The Labute approximate surface area is 174 Å². The summed E-state index contributed by atoms with van der Waals surface area (Å²) in [4.78, 5) is 26.3. The Balaban J connectivity index is 2.29. The van der Waals surface area contributed by atoms with Gasteiger partial charge in [0.05, 0.1) is 17.9 Å². The van der Waals surface area contributed by atoms with Gasteiger partial charge in [-0.1, -0.05) is 52.8 Å². The number of aromatic nitrogens is 2. The van der Waals surface area contributed by atoms with Crippen molar-refractivity contribution in [2.24, 2.45) is 5.92 Å². The summed E-state index contributed by atoms with van der Waals surface area (Å²) in [6.45, 7) is 14.6. The number of carbonyl (C=O) groups is 2. The van der Waals surface area contributed by atoms with E-state index < -0.39 is 0 Å². The molecule has 29 heavy (non-hydrogen) atoms. The van der Waals surface area contributed by atoms with E-state index in [0.29, 0.717) is 18.3 Å². The maximum Gasteiger partial charge on any atom is 0.245 e. The highest BCUT2D eigenvalue weighted by atomic mass is 16.2. The predicted octanol–water partition coefficient (Wildman–Crippen LogP) is 4.31. The Morgan fingerprint density at radius 1 is 1.21 bits per heavy atom. The zero-order chi connectivity index (χ0) is 21.8. The second kappa shape index (κ2) is 9.25. The second-order valence-corrected chi connectivity index (χ2v) is 9.03. The summed E-state index contributed by atoms with van der Waals surface area (Å²) in [6.07, 6.45) is 0.863. The SMILES string of the molecule is CC(=O)N(CCC(C)C)CC(=O)Nc1cc(C(C)(C)C)nn1-c1ccccc1C. The molecule has 0 radical (unpaired) electrons. The van der Waals surface area contributed by atoms with E-state index in [-0.39, 0.29) is 23.8 Å². The Morgan fingerprint density at radius 3 is 2.41 bits per heavy atom. The quantitative estimate of drug-likeness (QED) is 0.756. The zero-order valence-electron chi connectivity index (χ0n) is 18.7. The Kier molecular flexibility index (Phi) is 7.22. The van der Waals surface area contributed by atoms with Gasteiger partial charge in [-0.05, 0) is 30.9 Å². The van der Waals surface area contributed by atoms with Gasteiger partial charge in [0.25, 0.3) is 0 Å². The molecule has 0 saturated heterocycles. The molecule has 0 atom stereocenters. The lowest BCUT2D eigenvalue weighted by Gasteiger charge is -2.21. The Morgan fingerprint density at radius 2 is 1.86 bits per heavy atom. The molecule has 0 spiro atoms. The van der Waals surface area contributed by atoms with Gasteiger partial charge in [0.2, 0.25) is 11.8 Å². The molecular weight excluding hydrogens is 364 g/mol. The molecule has 1 heterocycles. The molecule has 0 aliphatic carbocycles. The van der Waals surface area contributed by atoms with E-state index in [4.69, 9.17) is 5.10 Å². The van der Waals surface area contributed by atoms with E-state index in [2.05, 4.69) is 39.9 Å². The molecule has 6 nitrogen and oxygen atoms in total. The highest BCUT2D eigenvalue weighted by molar-refractivity contribution is 5.94. The van der Waals surface area contributed by atoms with Crippen LogP contribution in [0.2, 0.25) is 0 Å². The molecule has 0 aliphatic heterocycles. The molecule has 1 N–H and O–H groups in total. The van der Waals surface area contributed by atoms with Crippen LogP contribution in [0, 0.1) is 12.8 Å². The van der Waals surface area contributed by atoms with Crippen LogP contribution >= 0.6 is 0 Å². The number of rotatable bonds is 7. The third-order valence-electron chi connectivity index (χ3n) is 4.85. The molecule has 0 aliphatic rings. The molecule has 0 saturated carbocycles. The first-order chi connectivity index (χ1) is 13.5. The average molecular weight is 399 g/mol. The lowest BCUT2D eigenvalue weighted by molar-refractivity contribution is -0.132. The monoisotopic (exact) mass is 398 g/mol. The van der Waals surface area contributed by atoms with Gasteiger partial charge in [0, 0.05) is 24.9 Å². The first kappa shape index (κ1) is 22.7. The van der Waals surface area contributed by atoms with Gasteiger partial charge in [-0.15, -0.1) is 0 Å². The standard InChI is InChI=1S/C23H34N4O2/c1-16(2)12-13-26(18(4)28)15-22(29)24-21-14-20(23(5,6)7)25-27(21)19-11-9-8-10-17(19)3/h8-11,14,16H,12-13,15H2,1-7H3,(H,24,29). The summed E-state index contributed by atoms with van der Waals surface area (Å²) in [6, 6.07) is 9.84. The molecule has 6 heteroatoms. The summed E-state index contributed by atoms with van der Waals surface area (Å²) in [5.74, 6) is 0.765. The predicted molar refractivity (Wildman–Crippen MR) is 117 cm³/mol. The van der Waals surface area contributed by atoms with E-state index in [9.17, 15) is 9.59 Å². The number of hydrogen-bond donors (Lipinski definition) is 1. The average Bonchev–Trinajstić information content (AvgIpc) is 3.02. The van der Waals surface area contributed by atoms with Gasteiger partial charge < -0.3 is 10.2 Å². The van der Waals surface area contributed by atoms with Gasteiger partial charge in [0.15, 0.2) is 0 Å². The van der Waals surface area contributed by atoms with Gasteiger partial charge in [-0.2, -0.15) is 5.10 Å². The highest BCUT2D eigenvalue weighted by Crippen LogP contribution is 2.27. The van der Waals surface area contributed by atoms with Crippen LogP contribution in [0.25, 0.3) is 5.69 Å². The van der Waals surface area contributed by atoms with Crippen molar-refractivity contribution in [2.45, 2.75) is 60.3 Å². The van der Waals surface area contributed by atoms with Gasteiger partial charge in [0.1, 0.15) is 5.82 Å². The third kappa shape index (κ3) is 6.17. The number of nitrogens with zero attached hydrogens (tertiary/aromatic N) is 3. The van der Waals surface area contributed by atoms with E-state index >= 15 is 0 Å². The van der Waals surface area contributed by atoms with Crippen molar-refractivity contribution in [1.82, 2.24) is 14.7 Å². The van der Waals surface area contributed by atoms with Crippen LogP contribution in [-0.2, 0) is 15.0 Å². The fourth-order valence-corrected chi connectivity index (χ4v) is 2.94. The number of amides is 2. The molecule has 1 aromatic heterocycles. The van der Waals surface area contributed by atoms with Gasteiger partial charge in [-0.25, -0.2) is 4.68 Å². The number of carbonyl (C=O) groups excluding carboxylic acids is 2. The first-order valence-corrected chi connectivity index (χ1v) is 10.2. The van der Waals surface area contributed by atoms with Crippen LogP contribution in [0.1, 0.15) is 59.2 Å². The normalized spacial score (nSPS) is 11.6. The number of anilines is 1.